The van der Waals surface area contributed by atoms with Crippen molar-refractivity contribution in [3.63, 3.8) is 0 Å². The zero-order valence-corrected chi connectivity index (χ0v) is 18.9. The van der Waals surface area contributed by atoms with Crippen molar-refractivity contribution >= 4 is 65.4 Å². The molecule has 0 radical (unpaired) electrons. The van der Waals surface area contributed by atoms with Gasteiger partial charge in [-0.2, -0.15) is 0 Å². The number of H-pyrrole nitrogens is 2. The molecule has 0 spiro atoms. The number of fused-ring (bicyclic) bond motifs is 2. The highest BCUT2D eigenvalue weighted by Gasteiger charge is 2.34. The number of halogens is 2. The van der Waals surface area contributed by atoms with Crippen LogP contribution in [-0.4, -0.2) is 46.3 Å². The molecule has 30 heavy (non-hydrogen) atoms. The van der Waals surface area contributed by atoms with Crippen molar-refractivity contribution in [2.45, 2.75) is 6.04 Å². The first-order valence-electron chi connectivity index (χ1n) is 9.49. The number of ether oxygens (including phenoxy) is 1. The van der Waals surface area contributed by atoms with Gasteiger partial charge in [0.25, 0.3) is 11.7 Å². The summed E-state index contributed by atoms with van der Waals surface area (Å²) in [6.45, 7) is 1.11. The molecule has 0 bridgehead atoms. The number of aromatic nitrogens is 2. The Hall–Kier alpha value is -2.42. The van der Waals surface area contributed by atoms with E-state index < -0.39 is 11.7 Å². The largest absolute Gasteiger partial charge is 0.377 e. The van der Waals surface area contributed by atoms with Crippen LogP contribution >= 0.6 is 31.9 Å². The number of aromatic amines is 2. The minimum Gasteiger partial charge on any atom is -0.377 e. The molecule has 6 nitrogen and oxygen atoms in total. The number of ketones is 1. The quantitative estimate of drug-likeness (QED) is 0.290. The summed E-state index contributed by atoms with van der Waals surface area (Å²) in [5.41, 5.74) is 3.10. The first-order valence-corrected chi connectivity index (χ1v) is 11.1. The molecule has 8 heteroatoms. The van der Waals surface area contributed by atoms with Crippen LogP contribution in [-0.2, 0) is 9.53 Å². The number of hydrogen-bond donors (Lipinski definition) is 2. The van der Waals surface area contributed by atoms with Crippen LogP contribution in [0.5, 0.6) is 0 Å². The molecule has 1 atom stereocenters. The molecular weight excluding hydrogens is 514 g/mol. The number of benzene rings is 2. The Morgan fingerprint density at radius 1 is 0.967 bits per heavy atom. The van der Waals surface area contributed by atoms with Gasteiger partial charge < -0.3 is 19.6 Å². The van der Waals surface area contributed by atoms with Crippen LogP contribution in [0.2, 0.25) is 0 Å². The summed E-state index contributed by atoms with van der Waals surface area (Å²) in [6.07, 6.45) is 3.50. The van der Waals surface area contributed by atoms with Gasteiger partial charge in [-0.15, -0.1) is 0 Å². The Kier molecular flexibility index (Phi) is 5.00. The first kappa shape index (κ1) is 19.5. The van der Waals surface area contributed by atoms with Crippen molar-refractivity contribution in [3.8, 4) is 0 Å². The molecule has 2 aromatic carbocycles. The maximum atomic E-state index is 13.3. The molecule has 152 valence electrons. The van der Waals surface area contributed by atoms with E-state index in [1.54, 1.807) is 11.1 Å². The summed E-state index contributed by atoms with van der Waals surface area (Å²) in [7, 11) is 0. The summed E-state index contributed by atoms with van der Waals surface area (Å²) < 4.78 is 7.48. The maximum Gasteiger partial charge on any atom is 0.295 e. The van der Waals surface area contributed by atoms with Gasteiger partial charge in [0.2, 0.25) is 0 Å². The number of hydrogen-bond acceptors (Lipinski definition) is 3. The van der Waals surface area contributed by atoms with Crippen molar-refractivity contribution in [1.29, 1.82) is 0 Å². The molecule has 2 N–H and O–H groups in total. The summed E-state index contributed by atoms with van der Waals surface area (Å²) in [6, 6.07) is 11.2. The molecule has 1 aliphatic rings. The van der Waals surface area contributed by atoms with E-state index in [0.29, 0.717) is 25.3 Å². The Morgan fingerprint density at radius 2 is 1.63 bits per heavy atom. The van der Waals surface area contributed by atoms with Crippen LogP contribution in [0.15, 0.2) is 57.7 Å². The maximum absolute atomic E-state index is 13.3. The highest BCUT2D eigenvalue weighted by molar-refractivity contribution is 9.10. The van der Waals surface area contributed by atoms with Crippen molar-refractivity contribution in [3.05, 3.63) is 68.9 Å². The van der Waals surface area contributed by atoms with Crippen LogP contribution in [0.1, 0.15) is 22.0 Å². The zero-order chi connectivity index (χ0) is 20.8. The fourth-order valence-corrected chi connectivity index (χ4v) is 4.74. The van der Waals surface area contributed by atoms with Crippen molar-refractivity contribution in [2.24, 2.45) is 0 Å². The van der Waals surface area contributed by atoms with Crippen LogP contribution < -0.4 is 0 Å². The second-order valence-corrected chi connectivity index (χ2v) is 9.08. The van der Waals surface area contributed by atoms with Crippen LogP contribution in [0.3, 0.4) is 0 Å². The fraction of sp³-hybridized carbons (Fsp3) is 0.182. The van der Waals surface area contributed by atoms with E-state index in [2.05, 4.69) is 41.8 Å². The van der Waals surface area contributed by atoms with Gasteiger partial charge in [-0.05, 0) is 36.4 Å². The van der Waals surface area contributed by atoms with E-state index in [1.807, 2.05) is 42.6 Å². The monoisotopic (exact) mass is 529 g/mol. The second kappa shape index (κ2) is 7.68. The summed E-state index contributed by atoms with van der Waals surface area (Å²) in [5, 5.41) is 1.73. The number of carbonyl (C=O) groups excluding carboxylic acids is 2. The third-order valence-electron chi connectivity index (χ3n) is 5.51. The van der Waals surface area contributed by atoms with Gasteiger partial charge in [-0.3, -0.25) is 9.59 Å². The van der Waals surface area contributed by atoms with E-state index in [-0.39, 0.29) is 6.04 Å². The van der Waals surface area contributed by atoms with E-state index in [9.17, 15) is 9.59 Å². The summed E-state index contributed by atoms with van der Waals surface area (Å²) >= 11 is 6.94. The van der Waals surface area contributed by atoms with Crippen LogP contribution in [0.4, 0.5) is 0 Å². The minimum absolute atomic E-state index is 0.338. The molecule has 3 heterocycles. The normalized spacial score (nSPS) is 17.0. The van der Waals surface area contributed by atoms with Gasteiger partial charge in [-0.1, -0.05) is 31.9 Å². The van der Waals surface area contributed by atoms with E-state index in [1.165, 1.54) is 0 Å². The Labute approximate surface area is 188 Å². The predicted octanol–water partition coefficient (Wildman–Crippen LogP) is 4.96. The fourth-order valence-electron chi connectivity index (χ4n) is 4.02. The molecule has 1 aliphatic heterocycles. The molecule has 1 saturated heterocycles. The number of Topliss-reactive ketones (excluding diaryl/α,β-unsaturated/α-hetero) is 1. The zero-order valence-electron chi connectivity index (χ0n) is 15.7. The molecule has 4 aromatic rings. The molecule has 2 aromatic heterocycles. The molecule has 1 unspecified atom stereocenters. The summed E-state index contributed by atoms with van der Waals surface area (Å²) in [5.74, 6) is -1.04. The Balaban J connectivity index is 1.52. The second-order valence-electron chi connectivity index (χ2n) is 7.24. The molecule has 1 amide bonds. The number of morpholine rings is 1. The predicted molar refractivity (Wildman–Crippen MR) is 122 cm³/mol. The van der Waals surface area contributed by atoms with Gasteiger partial charge in [0.1, 0.15) is 0 Å². The van der Waals surface area contributed by atoms with Crippen molar-refractivity contribution in [2.75, 3.05) is 19.8 Å². The van der Waals surface area contributed by atoms with Gasteiger partial charge in [0.05, 0.1) is 24.8 Å². The smallest absolute Gasteiger partial charge is 0.295 e. The number of carbonyl (C=O) groups is 2. The lowest BCUT2D eigenvalue weighted by atomic mass is 10.0. The van der Waals surface area contributed by atoms with Gasteiger partial charge in [-0.25, -0.2) is 0 Å². The van der Waals surface area contributed by atoms with Gasteiger partial charge >= 0.3 is 0 Å². The van der Waals surface area contributed by atoms with Gasteiger partial charge in [0.15, 0.2) is 0 Å². The number of nitrogens with one attached hydrogen (secondary N) is 2. The van der Waals surface area contributed by atoms with E-state index in [4.69, 9.17) is 4.74 Å². The van der Waals surface area contributed by atoms with Crippen LogP contribution in [0, 0.1) is 0 Å². The average molecular weight is 531 g/mol. The first-order chi connectivity index (χ1) is 14.5. The van der Waals surface area contributed by atoms with E-state index >= 15 is 0 Å². The lowest BCUT2D eigenvalue weighted by Gasteiger charge is -2.35. The number of amides is 1. The Bertz CT molecular complexity index is 1290. The average Bonchev–Trinajstić information content (AvgIpc) is 3.36. The number of nitrogens with zero attached hydrogens (tertiary/aromatic N) is 1. The SMILES string of the molecule is O=C(C(=O)N1CCOCC1c1c[nH]c2ccc(Br)cc12)c1c[nH]c2ccc(Br)cc12. The summed E-state index contributed by atoms with van der Waals surface area (Å²) in [4.78, 5) is 34.4. The third kappa shape index (κ3) is 3.29. The van der Waals surface area contributed by atoms with Crippen molar-refractivity contribution in [1.82, 2.24) is 14.9 Å². The molecule has 0 aliphatic carbocycles. The van der Waals surface area contributed by atoms with Crippen molar-refractivity contribution < 1.29 is 14.3 Å². The minimum atomic E-state index is -0.521. The molecular formula is C22H17Br2N3O3. The molecule has 5 rings (SSSR count). The van der Waals surface area contributed by atoms with Crippen LogP contribution in [0.25, 0.3) is 21.8 Å². The standard InChI is InChI=1S/C22H17Br2N3O3/c23-12-1-3-18-14(7-12)16(9-25-18)20-11-30-6-5-27(20)22(29)21(28)17-10-26-19-4-2-13(24)8-15(17)19/h1-4,7-10,20,25-26H,5-6,11H2. The van der Waals surface area contributed by atoms with Gasteiger partial charge in [0, 0.05) is 55.3 Å². The Morgan fingerprint density at radius 3 is 2.40 bits per heavy atom. The lowest BCUT2D eigenvalue weighted by Crippen LogP contribution is -2.46. The number of rotatable bonds is 3. The molecule has 1 fully saturated rings. The lowest BCUT2D eigenvalue weighted by molar-refractivity contribution is -0.135. The topological polar surface area (TPSA) is 78.2 Å². The highest BCUT2D eigenvalue weighted by atomic mass is 79.9. The molecule has 0 saturated carbocycles. The van der Waals surface area contributed by atoms with E-state index in [0.717, 1.165) is 36.3 Å². The third-order valence-corrected chi connectivity index (χ3v) is 6.49. The highest BCUT2D eigenvalue weighted by Crippen LogP contribution is 2.33.